The molecule has 0 aliphatic carbocycles. The summed E-state index contributed by atoms with van der Waals surface area (Å²) >= 11 is 0. The first-order valence-corrected chi connectivity index (χ1v) is 7.80. The quantitative estimate of drug-likeness (QED) is 0.861. The van der Waals surface area contributed by atoms with Gasteiger partial charge in [0.1, 0.15) is 0 Å². The molecule has 6 heteroatoms. The minimum atomic E-state index is -0.298. The predicted molar refractivity (Wildman–Crippen MR) is 95.3 cm³/mol. The summed E-state index contributed by atoms with van der Waals surface area (Å²) in [6, 6.07) is 12.1. The van der Waals surface area contributed by atoms with E-state index in [4.69, 9.17) is 4.74 Å². The minimum Gasteiger partial charge on any atom is -0.465 e. The third-order valence-electron chi connectivity index (χ3n) is 4.21. The molecule has 24 heavy (non-hydrogen) atoms. The van der Waals surface area contributed by atoms with Gasteiger partial charge in [0.2, 0.25) is 0 Å². The highest BCUT2D eigenvalue weighted by Crippen LogP contribution is 2.23. The second-order valence-corrected chi connectivity index (χ2v) is 5.66. The van der Waals surface area contributed by atoms with Crippen LogP contribution in [0.15, 0.2) is 48.8 Å². The number of nitrogens with one attached hydrogen (secondary N) is 1. The van der Waals surface area contributed by atoms with E-state index >= 15 is 0 Å². The van der Waals surface area contributed by atoms with Gasteiger partial charge < -0.3 is 10.1 Å². The summed E-state index contributed by atoms with van der Waals surface area (Å²) in [7, 11) is 1.40. The van der Waals surface area contributed by atoms with Gasteiger partial charge in [-0.1, -0.05) is 12.1 Å². The second-order valence-electron chi connectivity index (χ2n) is 5.66. The van der Waals surface area contributed by atoms with Crippen molar-refractivity contribution >= 4 is 18.4 Å². The Kier molecular flexibility index (Phi) is 6.73. The van der Waals surface area contributed by atoms with Crippen molar-refractivity contribution in [3.8, 4) is 0 Å². The van der Waals surface area contributed by atoms with Crippen molar-refractivity contribution in [3.05, 3.63) is 65.5 Å². The summed E-state index contributed by atoms with van der Waals surface area (Å²) in [4.78, 5) is 18.1. The number of benzene rings is 1. The molecule has 1 fully saturated rings. The molecule has 1 N–H and O–H groups in total. The van der Waals surface area contributed by atoms with Crippen LogP contribution in [0.4, 0.5) is 0 Å². The summed E-state index contributed by atoms with van der Waals surface area (Å²) < 4.78 is 4.74. The van der Waals surface area contributed by atoms with E-state index in [1.54, 1.807) is 0 Å². The molecule has 128 valence electrons. The molecule has 1 aromatic carbocycles. The molecule has 1 atom stereocenters. The summed E-state index contributed by atoms with van der Waals surface area (Å²) in [5, 5.41) is 3.46. The van der Waals surface area contributed by atoms with Gasteiger partial charge in [0, 0.05) is 44.6 Å². The highest BCUT2D eigenvalue weighted by Gasteiger charge is 2.23. The Labute approximate surface area is 148 Å². The molecule has 2 heterocycles. The summed E-state index contributed by atoms with van der Waals surface area (Å²) in [5.74, 6) is -0.298. The molecular weight excluding hydrogens is 326 g/mol. The number of hydrogen-bond donors (Lipinski definition) is 1. The van der Waals surface area contributed by atoms with Gasteiger partial charge in [-0.3, -0.25) is 9.88 Å². The molecular formula is C18H22ClN3O2. The lowest BCUT2D eigenvalue weighted by molar-refractivity contribution is 0.0600. The molecule has 1 aliphatic heterocycles. The van der Waals surface area contributed by atoms with Gasteiger partial charge in [-0.05, 0) is 35.4 Å². The molecule has 1 saturated heterocycles. The summed E-state index contributed by atoms with van der Waals surface area (Å²) in [5.41, 5.74) is 3.05. The molecule has 0 bridgehead atoms. The first kappa shape index (κ1) is 18.4. The van der Waals surface area contributed by atoms with Crippen LogP contribution in [0.3, 0.4) is 0 Å². The number of methoxy groups -OCH3 is 1. The van der Waals surface area contributed by atoms with Crippen LogP contribution in [0, 0.1) is 0 Å². The lowest BCUT2D eigenvalue weighted by Crippen LogP contribution is -2.45. The van der Waals surface area contributed by atoms with Crippen molar-refractivity contribution in [2.75, 3.05) is 26.7 Å². The number of hydrogen-bond acceptors (Lipinski definition) is 5. The van der Waals surface area contributed by atoms with Crippen molar-refractivity contribution in [2.45, 2.75) is 12.6 Å². The van der Waals surface area contributed by atoms with Crippen LogP contribution in [-0.2, 0) is 11.3 Å². The van der Waals surface area contributed by atoms with E-state index in [0.717, 1.165) is 26.2 Å². The first-order valence-electron chi connectivity index (χ1n) is 7.80. The summed E-state index contributed by atoms with van der Waals surface area (Å²) in [6.45, 7) is 3.77. The molecule has 0 amide bonds. The molecule has 3 rings (SSSR count). The molecule has 0 radical (unpaired) electrons. The van der Waals surface area contributed by atoms with Crippen LogP contribution in [0.2, 0.25) is 0 Å². The number of halogens is 1. The number of rotatable bonds is 4. The molecule has 5 nitrogen and oxygen atoms in total. The standard InChI is InChI=1S/C18H21N3O2.ClH/c1-23-18(22)16-4-2-14(3-5-16)13-21-11-10-20-12-17(21)15-6-8-19-9-7-15;/h2-9,17,20H,10-13H2,1H3;1H. The van der Waals surface area contributed by atoms with Crippen molar-refractivity contribution in [1.29, 1.82) is 0 Å². The molecule has 1 unspecified atom stereocenters. The van der Waals surface area contributed by atoms with Crippen LogP contribution >= 0.6 is 12.4 Å². The number of carbonyl (C=O) groups is 1. The Hall–Kier alpha value is -1.95. The number of pyridine rings is 1. The third-order valence-corrected chi connectivity index (χ3v) is 4.21. The van der Waals surface area contributed by atoms with Gasteiger partial charge >= 0.3 is 5.97 Å². The zero-order valence-corrected chi connectivity index (χ0v) is 14.5. The van der Waals surface area contributed by atoms with Crippen LogP contribution in [0.25, 0.3) is 0 Å². The maximum absolute atomic E-state index is 11.5. The minimum absolute atomic E-state index is 0. The number of esters is 1. The SMILES string of the molecule is COC(=O)c1ccc(CN2CCNCC2c2ccncc2)cc1.Cl. The zero-order chi connectivity index (χ0) is 16.1. The Balaban J connectivity index is 0.00000208. The Bertz CT molecular complexity index is 649. The average Bonchev–Trinajstić information content (AvgIpc) is 2.63. The van der Waals surface area contributed by atoms with Gasteiger partial charge in [0.25, 0.3) is 0 Å². The van der Waals surface area contributed by atoms with Gasteiger partial charge in [-0.25, -0.2) is 4.79 Å². The topological polar surface area (TPSA) is 54.5 Å². The number of nitrogens with zero attached hydrogens (tertiary/aromatic N) is 2. The smallest absolute Gasteiger partial charge is 0.337 e. The van der Waals surface area contributed by atoms with E-state index < -0.39 is 0 Å². The first-order chi connectivity index (χ1) is 11.3. The highest BCUT2D eigenvalue weighted by atomic mass is 35.5. The Morgan fingerprint density at radius 3 is 2.62 bits per heavy atom. The highest BCUT2D eigenvalue weighted by molar-refractivity contribution is 5.89. The van der Waals surface area contributed by atoms with Gasteiger partial charge in [-0.15, -0.1) is 12.4 Å². The van der Waals surface area contributed by atoms with Crippen molar-refractivity contribution in [3.63, 3.8) is 0 Å². The Morgan fingerprint density at radius 1 is 1.25 bits per heavy atom. The van der Waals surface area contributed by atoms with Gasteiger partial charge in [-0.2, -0.15) is 0 Å². The van der Waals surface area contributed by atoms with E-state index in [9.17, 15) is 4.79 Å². The van der Waals surface area contributed by atoms with E-state index in [-0.39, 0.29) is 18.4 Å². The fourth-order valence-corrected chi connectivity index (χ4v) is 2.95. The van der Waals surface area contributed by atoms with Gasteiger partial charge in [0.15, 0.2) is 0 Å². The van der Waals surface area contributed by atoms with Crippen LogP contribution in [0.1, 0.15) is 27.5 Å². The lowest BCUT2D eigenvalue weighted by Gasteiger charge is -2.36. The van der Waals surface area contributed by atoms with E-state index in [1.165, 1.54) is 18.2 Å². The van der Waals surface area contributed by atoms with E-state index in [1.807, 2.05) is 36.7 Å². The van der Waals surface area contributed by atoms with Crippen molar-refractivity contribution in [1.82, 2.24) is 15.2 Å². The van der Waals surface area contributed by atoms with Crippen molar-refractivity contribution in [2.24, 2.45) is 0 Å². The Morgan fingerprint density at radius 2 is 1.96 bits per heavy atom. The molecule has 0 spiro atoms. The van der Waals surface area contributed by atoms with Gasteiger partial charge in [0.05, 0.1) is 12.7 Å². The van der Waals surface area contributed by atoms with Crippen LogP contribution in [0.5, 0.6) is 0 Å². The molecule has 1 aromatic heterocycles. The monoisotopic (exact) mass is 347 g/mol. The lowest BCUT2D eigenvalue weighted by atomic mass is 10.0. The predicted octanol–water partition coefficient (Wildman–Crippen LogP) is 2.44. The third kappa shape index (κ3) is 4.32. The van der Waals surface area contributed by atoms with Crippen LogP contribution < -0.4 is 5.32 Å². The number of carbonyl (C=O) groups excluding carboxylic acids is 1. The second kappa shape index (κ2) is 8.78. The molecule has 2 aromatic rings. The fraction of sp³-hybridized carbons (Fsp3) is 0.333. The van der Waals surface area contributed by atoms with E-state index in [2.05, 4.69) is 27.3 Å². The average molecular weight is 348 g/mol. The maximum Gasteiger partial charge on any atom is 0.337 e. The normalized spacial score (nSPS) is 17.8. The number of piperazine rings is 1. The number of aromatic nitrogens is 1. The van der Waals surface area contributed by atoms with E-state index in [0.29, 0.717) is 11.6 Å². The van der Waals surface area contributed by atoms with Crippen molar-refractivity contribution < 1.29 is 9.53 Å². The molecule has 1 aliphatic rings. The number of ether oxygens (including phenoxy) is 1. The maximum atomic E-state index is 11.5. The zero-order valence-electron chi connectivity index (χ0n) is 13.6. The van der Waals surface area contributed by atoms with Crippen LogP contribution in [-0.4, -0.2) is 42.6 Å². The summed E-state index contributed by atoms with van der Waals surface area (Å²) in [6.07, 6.45) is 3.68. The fourth-order valence-electron chi connectivity index (χ4n) is 2.95. The molecule has 0 saturated carbocycles. The largest absolute Gasteiger partial charge is 0.465 e.